The van der Waals surface area contributed by atoms with Crippen molar-refractivity contribution in [3.63, 3.8) is 0 Å². The molecule has 0 spiro atoms. The van der Waals surface area contributed by atoms with E-state index in [4.69, 9.17) is 9.84 Å². The van der Waals surface area contributed by atoms with Crippen LogP contribution in [0.15, 0.2) is 0 Å². The molecule has 0 aliphatic carbocycles. The number of hydrogen-bond donors (Lipinski definition) is 3. The van der Waals surface area contributed by atoms with Crippen LogP contribution in [0, 0.1) is 0 Å². The van der Waals surface area contributed by atoms with Crippen molar-refractivity contribution in [3.8, 4) is 0 Å². The number of nitrogens with one attached hydrogen (secondary N) is 2. The molecule has 0 aliphatic heterocycles. The molecule has 7 heteroatoms. The van der Waals surface area contributed by atoms with Gasteiger partial charge in [-0.05, 0) is 19.3 Å². The molecular weight excluding hydrogens is 264 g/mol. The van der Waals surface area contributed by atoms with Crippen molar-refractivity contribution in [2.75, 3.05) is 26.9 Å². The van der Waals surface area contributed by atoms with E-state index in [1.165, 1.54) is 7.05 Å². The predicted octanol–water partition coefficient (Wildman–Crippen LogP) is -0.624. The van der Waals surface area contributed by atoms with E-state index in [2.05, 4.69) is 10.6 Å². The number of likely N-dealkylation sites (N-methyl/N-ethyl adjacent to an activating group) is 1. The first kappa shape index (κ1) is 18.5. The van der Waals surface area contributed by atoms with Crippen LogP contribution in [0.25, 0.3) is 0 Å². The third-order valence-corrected chi connectivity index (χ3v) is 2.69. The molecule has 0 aliphatic rings. The van der Waals surface area contributed by atoms with E-state index in [1.54, 1.807) is 6.92 Å². The Morgan fingerprint density at radius 2 is 1.90 bits per heavy atom. The van der Waals surface area contributed by atoms with Gasteiger partial charge in [0.05, 0.1) is 19.3 Å². The Morgan fingerprint density at radius 3 is 2.45 bits per heavy atom. The molecule has 1 atom stereocenters. The molecule has 0 saturated heterocycles. The monoisotopic (exact) mass is 288 g/mol. The zero-order chi connectivity index (χ0) is 15.4. The number of Topliss-reactive ketones (excluding diaryl/α,β-unsaturated/α-hetero) is 1. The van der Waals surface area contributed by atoms with Gasteiger partial charge in [0, 0.05) is 20.1 Å². The Kier molecular flexibility index (Phi) is 10.5. The van der Waals surface area contributed by atoms with Gasteiger partial charge in [-0.2, -0.15) is 0 Å². The third-order valence-electron chi connectivity index (χ3n) is 2.69. The number of ether oxygens (including phenoxy) is 1. The maximum absolute atomic E-state index is 11.8. The standard InChI is InChI=1S/C13H24N2O5/c1-3-11(17)15-10(12(18)13(19)14-2)6-4-5-8-20-9-7-16/h10,16H,3-9H2,1-2H3,(H,14,19)(H,15,17). The number of carbonyl (C=O) groups is 3. The topological polar surface area (TPSA) is 105 Å². The average molecular weight is 288 g/mol. The van der Waals surface area contributed by atoms with Crippen LogP contribution in [-0.2, 0) is 19.1 Å². The van der Waals surface area contributed by atoms with Crippen LogP contribution in [-0.4, -0.2) is 55.6 Å². The van der Waals surface area contributed by atoms with Gasteiger partial charge < -0.3 is 20.5 Å². The molecule has 3 N–H and O–H groups in total. The Bertz CT molecular complexity index is 320. The van der Waals surface area contributed by atoms with Gasteiger partial charge in [0.2, 0.25) is 11.7 Å². The van der Waals surface area contributed by atoms with Gasteiger partial charge in [0.1, 0.15) is 0 Å². The molecule has 0 aromatic rings. The first-order chi connectivity index (χ1) is 9.56. The third kappa shape index (κ3) is 7.85. The predicted molar refractivity (Wildman–Crippen MR) is 73.1 cm³/mol. The highest BCUT2D eigenvalue weighted by Crippen LogP contribution is 2.04. The van der Waals surface area contributed by atoms with Gasteiger partial charge in [-0.3, -0.25) is 14.4 Å². The summed E-state index contributed by atoms with van der Waals surface area (Å²) in [4.78, 5) is 34.5. The van der Waals surface area contributed by atoms with Crippen molar-refractivity contribution in [1.29, 1.82) is 0 Å². The number of rotatable bonds is 11. The fourth-order valence-corrected chi connectivity index (χ4v) is 1.57. The van der Waals surface area contributed by atoms with Crippen LogP contribution in [0.3, 0.4) is 0 Å². The Labute approximate surface area is 119 Å². The lowest BCUT2D eigenvalue weighted by atomic mass is 10.0. The maximum Gasteiger partial charge on any atom is 0.289 e. The minimum absolute atomic E-state index is 0.0235. The summed E-state index contributed by atoms with van der Waals surface area (Å²) < 4.78 is 5.09. The normalized spacial score (nSPS) is 11.8. The molecular formula is C13H24N2O5. The number of aliphatic hydroxyl groups excluding tert-OH is 1. The SMILES string of the molecule is CCC(=O)NC(CCCCOCCO)C(=O)C(=O)NC. The van der Waals surface area contributed by atoms with Crippen LogP contribution in [0.2, 0.25) is 0 Å². The van der Waals surface area contributed by atoms with E-state index >= 15 is 0 Å². The second-order valence-electron chi connectivity index (χ2n) is 4.25. The highest BCUT2D eigenvalue weighted by Gasteiger charge is 2.25. The highest BCUT2D eigenvalue weighted by molar-refractivity contribution is 6.38. The summed E-state index contributed by atoms with van der Waals surface area (Å²) in [6.45, 7) is 2.42. The number of aliphatic hydroxyl groups is 1. The lowest BCUT2D eigenvalue weighted by molar-refractivity contribution is -0.139. The molecule has 0 aromatic heterocycles. The van der Waals surface area contributed by atoms with Crippen molar-refractivity contribution >= 4 is 17.6 Å². The summed E-state index contributed by atoms with van der Waals surface area (Å²) in [7, 11) is 1.38. The lowest BCUT2D eigenvalue weighted by Gasteiger charge is -2.16. The van der Waals surface area contributed by atoms with Crippen molar-refractivity contribution in [3.05, 3.63) is 0 Å². The summed E-state index contributed by atoms with van der Waals surface area (Å²) in [5.74, 6) is -1.60. The van der Waals surface area contributed by atoms with Crippen LogP contribution in [0.4, 0.5) is 0 Å². The number of hydrogen-bond acceptors (Lipinski definition) is 5. The number of amides is 2. The van der Waals surface area contributed by atoms with E-state index in [0.29, 0.717) is 25.9 Å². The van der Waals surface area contributed by atoms with E-state index in [-0.39, 0.29) is 25.5 Å². The molecule has 0 fully saturated rings. The average Bonchev–Trinajstić information content (AvgIpc) is 2.47. The smallest absolute Gasteiger partial charge is 0.289 e. The Balaban J connectivity index is 4.21. The Morgan fingerprint density at radius 1 is 1.20 bits per heavy atom. The zero-order valence-electron chi connectivity index (χ0n) is 12.1. The first-order valence-electron chi connectivity index (χ1n) is 6.80. The second-order valence-corrected chi connectivity index (χ2v) is 4.25. The summed E-state index contributed by atoms with van der Waals surface area (Å²) >= 11 is 0. The molecule has 0 rings (SSSR count). The molecule has 0 aromatic carbocycles. The fourth-order valence-electron chi connectivity index (χ4n) is 1.57. The van der Waals surface area contributed by atoms with Gasteiger partial charge in [-0.1, -0.05) is 6.92 Å². The molecule has 0 saturated carbocycles. The second kappa shape index (κ2) is 11.4. The van der Waals surface area contributed by atoms with E-state index in [1.807, 2.05) is 0 Å². The van der Waals surface area contributed by atoms with Crippen molar-refractivity contribution in [2.24, 2.45) is 0 Å². The molecule has 2 amide bonds. The minimum atomic E-state index is -0.791. The number of ketones is 1. The van der Waals surface area contributed by atoms with E-state index in [9.17, 15) is 14.4 Å². The van der Waals surface area contributed by atoms with Gasteiger partial charge >= 0.3 is 0 Å². The minimum Gasteiger partial charge on any atom is -0.394 e. The van der Waals surface area contributed by atoms with Crippen LogP contribution >= 0.6 is 0 Å². The largest absolute Gasteiger partial charge is 0.394 e. The maximum atomic E-state index is 11.8. The molecule has 20 heavy (non-hydrogen) atoms. The van der Waals surface area contributed by atoms with Crippen molar-refractivity contribution in [2.45, 2.75) is 38.6 Å². The molecule has 0 heterocycles. The summed E-state index contributed by atoms with van der Waals surface area (Å²) in [6, 6.07) is -0.791. The molecule has 7 nitrogen and oxygen atoms in total. The molecule has 0 radical (unpaired) electrons. The zero-order valence-corrected chi connectivity index (χ0v) is 12.1. The van der Waals surface area contributed by atoms with Crippen LogP contribution in [0.1, 0.15) is 32.6 Å². The fraction of sp³-hybridized carbons (Fsp3) is 0.769. The van der Waals surface area contributed by atoms with Gasteiger partial charge in [0.15, 0.2) is 0 Å². The van der Waals surface area contributed by atoms with Gasteiger partial charge in [-0.25, -0.2) is 0 Å². The van der Waals surface area contributed by atoms with Gasteiger partial charge in [-0.15, -0.1) is 0 Å². The summed E-state index contributed by atoms with van der Waals surface area (Å²) in [5, 5.41) is 13.4. The molecule has 1 unspecified atom stereocenters. The first-order valence-corrected chi connectivity index (χ1v) is 6.80. The van der Waals surface area contributed by atoms with Crippen LogP contribution in [0.5, 0.6) is 0 Å². The number of carbonyl (C=O) groups excluding carboxylic acids is 3. The van der Waals surface area contributed by atoms with E-state index < -0.39 is 17.7 Å². The van der Waals surface area contributed by atoms with Crippen LogP contribution < -0.4 is 10.6 Å². The molecule has 0 bridgehead atoms. The lowest BCUT2D eigenvalue weighted by Crippen LogP contribution is -2.46. The van der Waals surface area contributed by atoms with Gasteiger partial charge in [0.25, 0.3) is 5.91 Å². The summed E-state index contributed by atoms with van der Waals surface area (Å²) in [6.07, 6.45) is 1.99. The Hall–Kier alpha value is -1.47. The van der Waals surface area contributed by atoms with E-state index in [0.717, 1.165) is 0 Å². The van der Waals surface area contributed by atoms with Crippen molar-refractivity contribution in [1.82, 2.24) is 10.6 Å². The quantitative estimate of drug-likeness (QED) is 0.347. The molecule has 116 valence electrons. The summed E-state index contributed by atoms with van der Waals surface area (Å²) in [5.41, 5.74) is 0. The number of unbranched alkanes of at least 4 members (excludes halogenated alkanes) is 1. The highest BCUT2D eigenvalue weighted by atomic mass is 16.5. The van der Waals surface area contributed by atoms with Crippen molar-refractivity contribution < 1.29 is 24.2 Å².